The largest absolute Gasteiger partial charge is 0.444 e. The summed E-state index contributed by atoms with van der Waals surface area (Å²) in [5, 5.41) is 10.4. The molecule has 2 fully saturated rings. The van der Waals surface area contributed by atoms with Crippen molar-refractivity contribution in [3.8, 4) is 0 Å². The lowest BCUT2D eigenvalue weighted by Gasteiger charge is -2.43. The smallest absolute Gasteiger partial charge is 0.410 e. The van der Waals surface area contributed by atoms with E-state index in [1.807, 2.05) is 20.8 Å². The standard InChI is InChI=1S/C18H33NO3/c1-12-8-13(2)10-14(9-12)15-11-19(7-6-16(15)20)17(21)22-18(3,4)5/h12-16,20H,6-11H2,1-5H3. The molecule has 1 N–H and O–H groups in total. The molecule has 4 unspecified atom stereocenters. The fraction of sp³-hybridized carbons (Fsp3) is 0.944. The van der Waals surface area contributed by atoms with E-state index in [1.165, 1.54) is 19.3 Å². The third-order valence-electron chi connectivity index (χ3n) is 5.09. The predicted octanol–water partition coefficient (Wildman–Crippen LogP) is 3.68. The van der Waals surface area contributed by atoms with Crippen LogP contribution in [0.3, 0.4) is 0 Å². The zero-order chi connectivity index (χ0) is 16.5. The van der Waals surface area contributed by atoms with Gasteiger partial charge >= 0.3 is 6.09 Å². The van der Waals surface area contributed by atoms with Gasteiger partial charge in [0, 0.05) is 19.0 Å². The first kappa shape index (κ1) is 17.6. The third kappa shape index (κ3) is 4.61. The molecule has 4 heteroatoms. The molecule has 4 nitrogen and oxygen atoms in total. The Morgan fingerprint density at radius 2 is 1.73 bits per heavy atom. The van der Waals surface area contributed by atoms with Crippen LogP contribution in [0.25, 0.3) is 0 Å². The van der Waals surface area contributed by atoms with Gasteiger partial charge in [0.05, 0.1) is 6.10 Å². The number of carbonyl (C=O) groups excluding carboxylic acids is 1. The number of likely N-dealkylation sites (tertiary alicyclic amines) is 1. The van der Waals surface area contributed by atoms with Crippen molar-refractivity contribution in [1.82, 2.24) is 4.90 Å². The van der Waals surface area contributed by atoms with Crippen LogP contribution in [0.1, 0.15) is 60.3 Å². The first-order chi connectivity index (χ1) is 10.2. The minimum atomic E-state index is -0.462. The van der Waals surface area contributed by atoms with Crippen molar-refractivity contribution in [2.45, 2.75) is 72.0 Å². The minimum absolute atomic E-state index is 0.200. The highest BCUT2D eigenvalue weighted by atomic mass is 16.6. The highest BCUT2D eigenvalue weighted by Crippen LogP contribution is 2.40. The molecule has 1 heterocycles. The molecule has 2 aliphatic rings. The molecule has 0 aromatic rings. The van der Waals surface area contributed by atoms with Crippen molar-refractivity contribution in [2.24, 2.45) is 23.7 Å². The molecular formula is C18H33NO3. The maximum Gasteiger partial charge on any atom is 0.410 e. The Morgan fingerprint density at radius 3 is 2.27 bits per heavy atom. The average molecular weight is 311 g/mol. The van der Waals surface area contributed by atoms with Gasteiger partial charge in [-0.05, 0) is 64.2 Å². The van der Waals surface area contributed by atoms with Gasteiger partial charge < -0.3 is 14.7 Å². The van der Waals surface area contributed by atoms with E-state index < -0.39 is 5.60 Å². The summed E-state index contributed by atoms with van der Waals surface area (Å²) in [6, 6.07) is 0. The SMILES string of the molecule is CC1CC(C)CC(C2CN(C(=O)OC(C)(C)C)CCC2O)C1. The molecule has 2 rings (SSSR count). The van der Waals surface area contributed by atoms with Crippen molar-refractivity contribution in [3.63, 3.8) is 0 Å². The summed E-state index contributed by atoms with van der Waals surface area (Å²) in [5.41, 5.74) is -0.462. The summed E-state index contributed by atoms with van der Waals surface area (Å²) in [7, 11) is 0. The van der Waals surface area contributed by atoms with Gasteiger partial charge in [-0.3, -0.25) is 0 Å². The molecule has 1 amide bonds. The average Bonchev–Trinajstić information content (AvgIpc) is 2.35. The van der Waals surface area contributed by atoms with E-state index in [-0.39, 0.29) is 18.1 Å². The number of piperidine rings is 1. The third-order valence-corrected chi connectivity index (χ3v) is 5.09. The highest BCUT2D eigenvalue weighted by molar-refractivity contribution is 5.68. The molecule has 0 radical (unpaired) electrons. The number of amides is 1. The Hall–Kier alpha value is -0.770. The quantitative estimate of drug-likeness (QED) is 0.803. The van der Waals surface area contributed by atoms with E-state index >= 15 is 0 Å². The van der Waals surface area contributed by atoms with Gasteiger partial charge in [-0.25, -0.2) is 4.79 Å². The first-order valence-corrected chi connectivity index (χ1v) is 8.81. The summed E-state index contributed by atoms with van der Waals surface area (Å²) < 4.78 is 5.50. The van der Waals surface area contributed by atoms with Gasteiger partial charge in [0.15, 0.2) is 0 Å². The van der Waals surface area contributed by atoms with Gasteiger partial charge in [0.1, 0.15) is 5.60 Å². The minimum Gasteiger partial charge on any atom is -0.444 e. The fourth-order valence-corrected chi connectivity index (χ4v) is 4.28. The molecule has 0 aromatic carbocycles. The second-order valence-corrected chi connectivity index (χ2v) is 8.62. The fourth-order valence-electron chi connectivity index (χ4n) is 4.28. The molecule has 1 saturated heterocycles. The molecule has 0 bridgehead atoms. The van der Waals surface area contributed by atoms with Gasteiger partial charge in [0.25, 0.3) is 0 Å². The number of aliphatic hydroxyl groups is 1. The second-order valence-electron chi connectivity index (χ2n) is 8.62. The van der Waals surface area contributed by atoms with E-state index in [0.717, 1.165) is 11.8 Å². The molecular weight excluding hydrogens is 278 g/mol. The first-order valence-electron chi connectivity index (χ1n) is 8.81. The number of carbonyl (C=O) groups is 1. The number of hydrogen-bond acceptors (Lipinski definition) is 3. The summed E-state index contributed by atoms with van der Waals surface area (Å²) in [5.74, 6) is 2.17. The number of nitrogens with zero attached hydrogens (tertiary/aromatic N) is 1. The molecule has 1 aliphatic carbocycles. The van der Waals surface area contributed by atoms with Crippen LogP contribution in [0.2, 0.25) is 0 Å². The maximum atomic E-state index is 12.3. The lowest BCUT2D eigenvalue weighted by atomic mass is 9.69. The molecule has 1 saturated carbocycles. The number of ether oxygens (including phenoxy) is 1. The van der Waals surface area contributed by atoms with Crippen LogP contribution in [-0.4, -0.2) is 40.9 Å². The zero-order valence-corrected chi connectivity index (χ0v) is 14.8. The van der Waals surface area contributed by atoms with E-state index in [1.54, 1.807) is 4.90 Å². The monoisotopic (exact) mass is 311 g/mol. The van der Waals surface area contributed by atoms with E-state index in [4.69, 9.17) is 4.74 Å². The Bertz CT molecular complexity index is 380. The number of rotatable bonds is 1. The van der Waals surface area contributed by atoms with Crippen LogP contribution in [-0.2, 0) is 4.74 Å². The molecule has 128 valence electrons. The molecule has 22 heavy (non-hydrogen) atoms. The van der Waals surface area contributed by atoms with E-state index in [9.17, 15) is 9.90 Å². The zero-order valence-electron chi connectivity index (χ0n) is 14.8. The topological polar surface area (TPSA) is 49.8 Å². The normalized spacial score (nSPS) is 37.0. The van der Waals surface area contributed by atoms with Crippen molar-refractivity contribution in [1.29, 1.82) is 0 Å². The Kier molecular flexibility index (Phi) is 5.41. The Labute approximate surface area is 135 Å². The van der Waals surface area contributed by atoms with E-state index in [2.05, 4.69) is 13.8 Å². The number of hydrogen-bond donors (Lipinski definition) is 1. The highest BCUT2D eigenvalue weighted by Gasteiger charge is 2.39. The maximum absolute atomic E-state index is 12.3. The van der Waals surface area contributed by atoms with Gasteiger partial charge in [-0.15, -0.1) is 0 Å². The molecule has 4 atom stereocenters. The molecule has 1 aliphatic heterocycles. The van der Waals surface area contributed by atoms with Crippen molar-refractivity contribution in [2.75, 3.05) is 13.1 Å². The molecule has 0 aromatic heterocycles. The summed E-state index contributed by atoms with van der Waals surface area (Å²) >= 11 is 0. The van der Waals surface area contributed by atoms with Crippen molar-refractivity contribution in [3.05, 3.63) is 0 Å². The van der Waals surface area contributed by atoms with Crippen LogP contribution in [0.4, 0.5) is 4.79 Å². The summed E-state index contributed by atoms with van der Waals surface area (Å²) in [6.45, 7) is 11.5. The van der Waals surface area contributed by atoms with E-state index in [0.29, 0.717) is 25.4 Å². The summed E-state index contributed by atoms with van der Waals surface area (Å²) in [4.78, 5) is 14.1. The number of aliphatic hydroxyl groups excluding tert-OH is 1. The van der Waals surface area contributed by atoms with Crippen LogP contribution in [0, 0.1) is 23.7 Å². The molecule has 0 spiro atoms. The van der Waals surface area contributed by atoms with Gasteiger partial charge in [-0.1, -0.05) is 13.8 Å². The van der Waals surface area contributed by atoms with Gasteiger partial charge in [-0.2, -0.15) is 0 Å². The van der Waals surface area contributed by atoms with Gasteiger partial charge in [0.2, 0.25) is 0 Å². The summed E-state index contributed by atoms with van der Waals surface area (Å²) in [6.07, 6.45) is 3.79. The van der Waals surface area contributed by atoms with Crippen LogP contribution in [0.15, 0.2) is 0 Å². The van der Waals surface area contributed by atoms with Crippen LogP contribution < -0.4 is 0 Å². The predicted molar refractivity (Wildman–Crippen MR) is 87.6 cm³/mol. The van der Waals surface area contributed by atoms with Crippen LogP contribution in [0.5, 0.6) is 0 Å². The Morgan fingerprint density at radius 1 is 1.14 bits per heavy atom. The second kappa shape index (κ2) is 6.77. The Balaban J connectivity index is 2.00. The lowest BCUT2D eigenvalue weighted by molar-refractivity contribution is -0.0330. The van der Waals surface area contributed by atoms with Crippen molar-refractivity contribution < 1.29 is 14.6 Å². The van der Waals surface area contributed by atoms with Crippen LogP contribution >= 0.6 is 0 Å². The lowest BCUT2D eigenvalue weighted by Crippen LogP contribution is -2.50. The van der Waals surface area contributed by atoms with Crippen molar-refractivity contribution >= 4 is 6.09 Å².